The minimum absolute atomic E-state index is 0.101. The first kappa shape index (κ1) is 16.1. The zero-order valence-corrected chi connectivity index (χ0v) is 12.7. The molecule has 0 unspecified atom stereocenters. The number of alkyl halides is 3. The number of carbonyl (C=O) groups is 1. The van der Waals surface area contributed by atoms with Crippen LogP contribution in [0.4, 0.5) is 18.3 Å². The smallest absolute Gasteiger partial charge is 0.296 e. The van der Waals surface area contributed by atoms with Crippen LogP contribution in [0.25, 0.3) is 10.6 Å². The van der Waals surface area contributed by atoms with E-state index in [9.17, 15) is 18.0 Å². The van der Waals surface area contributed by atoms with Crippen molar-refractivity contribution in [3.8, 4) is 10.6 Å². The third-order valence-electron chi connectivity index (χ3n) is 3.05. The molecular weight excluding hydrogens is 341 g/mol. The van der Waals surface area contributed by atoms with Gasteiger partial charge in [0, 0.05) is 23.5 Å². The zero-order chi connectivity index (χ0) is 17.2. The highest BCUT2D eigenvalue weighted by atomic mass is 32.1. The Hall–Kier alpha value is -2.81. The van der Waals surface area contributed by atoms with E-state index in [-0.39, 0.29) is 10.7 Å². The molecule has 0 aliphatic carbocycles. The lowest BCUT2D eigenvalue weighted by Crippen LogP contribution is -2.12. The number of nitrogens with zero attached hydrogens (tertiary/aromatic N) is 3. The van der Waals surface area contributed by atoms with Gasteiger partial charge in [-0.1, -0.05) is 11.3 Å². The molecular formula is C15H9F3N4OS. The second-order valence-electron chi connectivity index (χ2n) is 4.68. The Morgan fingerprint density at radius 3 is 2.29 bits per heavy atom. The fourth-order valence-electron chi connectivity index (χ4n) is 1.86. The molecule has 0 bridgehead atoms. The van der Waals surface area contributed by atoms with E-state index in [1.54, 1.807) is 24.5 Å². The monoisotopic (exact) mass is 350 g/mol. The quantitative estimate of drug-likeness (QED) is 0.779. The number of rotatable bonds is 3. The summed E-state index contributed by atoms with van der Waals surface area (Å²) >= 11 is 1.15. The first-order valence-electron chi connectivity index (χ1n) is 6.66. The second-order valence-corrected chi connectivity index (χ2v) is 5.66. The van der Waals surface area contributed by atoms with Crippen molar-refractivity contribution in [1.29, 1.82) is 0 Å². The Morgan fingerprint density at radius 1 is 1.00 bits per heavy atom. The molecule has 2 heterocycles. The Bertz CT molecular complexity index is 847. The molecule has 3 aromatic rings. The van der Waals surface area contributed by atoms with Crippen LogP contribution in [0.1, 0.15) is 15.9 Å². The predicted molar refractivity (Wildman–Crippen MR) is 82.5 cm³/mol. The maximum absolute atomic E-state index is 12.5. The lowest BCUT2D eigenvalue weighted by atomic mass is 10.1. The zero-order valence-electron chi connectivity index (χ0n) is 11.9. The van der Waals surface area contributed by atoms with E-state index in [2.05, 4.69) is 20.5 Å². The van der Waals surface area contributed by atoms with Crippen molar-refractivity contribution in [2.24, 2.45) is 0 Å². The van der Waals surface area contributed by atoms with E-state index < -0.39 is 17.6 Å². The Kier molecular flexibility index (Phi) is 4.26. The van der Waals surface area contributed by atoms with Crippen LogP contribution in [0.5, 0.6) is 0 Å². The summed E-state index contributed by atoms with van der Waals surface area (Å²) in [6.07, 6.45) is -1.22. The third kappa shape index (κ3) is 3.57. The summed E-state index contributed by atoms with van der Waals surface area (Å²) in [5, 5.41) is 11.2. The van der Waals surface area contributed by atoms with E-state index in [1.165, 1.54) is 0 Å². The van der Waals surface area contributed by atoms with E-state index in [1.807, 2.05) is 0 Å². The lowest BCUT2D eigenvalue weighted by Gasteiger charge is -2.07. The molecule has 0 aliphatic heterocycles. The first-order valence-corrected chi connectivity index (χ1v) is 7.47. The summed E-state index contributed by atoms with van der Waals surface area (Å²) in [6, 6.07) is 7.45. The summed E-state index contributed by atoms with van der Waals surface area (Å²) < 4.78 is 37.5. The molecule has 3 rings (SSSR count). The van der Waals surface area contributed by atoms with Crippen LogP contribution in [-0.4, -0.2) is 21.1 Å². The molecule has 0 saturated heterocycles. The molecule has 1 amide bonds. The fourth-order valence-corrected chi connectivity index (χ4v) is 2.61. The number of halogens is 3. The van der Waals surface area contributed by atoms with Gasteiger partial charge in [-0.05, 0) is 36.4 Å². The molecule has 0 radical (unpaired) electrons. The summed E-state index contributed by atoms with van der Waals surface area (Å²) in [7, 11) is 0. The van der Waals surface area contributed by atoms with Gasteiger partial charge in [0.15, 0.2) is 0 Å². The van der Waals surface area contributed by atoms with Crippen molar-refractivity contribution < 1.29 is 18.0 Å². The maximum atomic E-state index is 12.5. The van der Waals surface area contributed by atoms with Crippen LogP contribution in [0.3, 0.4) is 0 Å². The fraction of sp³-hybridized carbons (Fsp3) is 0.0667. The minimum Gasteiger partial charge on any atom is -0.296 e. The number of anilines is 1. The molecule has 2 aromatic heterocycles. The maximum Gasteiger partial charge on any atom is 0.416 e. The highest BCUT2D eigenvalue weighted by Crippen LogP contribution is 2.29. The normalized spacial score (nSPS) is 11.3. The molecule has 0 saturated carbocycles. The molecule has 1 N–H and O–H groups in total. The van der Waals surface area contributed by atoms with Crippen LogP contribution in [0, 0.1) is 0 Å². The highest BCUT2D eigenvalue weighted by molar-refractivity contribution is 7.18. The Balaban J connectivity index is 1.72. The largest absolute Gasteiger partial charge is 0.416 e. The minimum atomic E-state index is -4.44. The predicted octanol–water partition coefficient (Wildman–Crippen LogP) is 3.87. The van der Waals surface area contributed by atoms with E-state index in [0.717, 1.165) is 41.2 Å². The summed E-state index contributed by atoms with van der Waals surface area (Å²) in [4.78, 5) is 16.0. The van der Waals surface area contributed by atoms with Crippen LogP contribution in [0.2, 0.25) is 0 Å². The average Bonchev–Trinajstić information content (AvgIpc) is 3.03. The van der Waals surface area contributed by atoms with Gasteiger partial charge in [-0.2, -0.15) is 13.2 Å². The van der Waals surface area contributed by atoms with Gasteiger partial charge in [0.25, 0.3) is 5.91 Å². The molecule has 0 atom stereocenters. The Morgan fingerprint density at radius 2 is 1.67 bits per heavy atom. The summed E-state index contributed by atoms with van der Waals surface area (Å²) in [5.41, 5.74) is 0.0936. The van der Waals surface area contributed by atoms with Crippen molar-refractivity contribution in [3.05, 3.63) is 59.9 Å². The first-order chi connectivity index (χ1) is 11.4. The molecule has 0 aliphatic rings. The van der Waals surface area contributed by atoms with Gasteiger partial charge in [-0.15, -0.1) is 10.2 Å². The molecule has 1 aromatic carbocycles. The Labute approximate surface area is 138 Å². The lowest BCUT2D eigenvalue weighted by molar-refractivity contribution is -0.137. The number of carbonyl (C=O) groups excluding carboxylic acids is 1. The molecule has 9 heteroatoms. The van der Waals surface area contributed by atoms with Crippen molar-refractivity contribution in [1.82, 2.24) is 15.2 Å². The van der Waals surface area contributed by atoms with Gasteiger partial charge in [-0.3, -0.25) is 15.1 Å². The number of hydrogen-bond donors (Lipinski definition) is 1. The molecule has 24 heavy (non-hydrogen) atoms. The third-order valence-corrected chi connectivity index (χ3v) is 3.93. The van der Waals surface area contributed by atoms with Gasteiger partial charge in [0.05, 0.1) is 5.56 Å². The van der Waals surface area contributed by atoms with E-state index in [0.29, 0.717) is 5.01 Å². The number of amides is 1. The highest BCUT2D eigenvalue weighted by Gasteiger charge is 2.30. The number of nitrogens with one attached hydrogen (secondary N) is 1. The van der Waals surface area contributed by atoms with E-state index >= 15 is 0 Å². The van der Waals surface area contributed by atoms with Gasteiger partial charge >= 0.3 is 6.18 Å². The van der Waals surface area contributed by atoms with Gasteiger partial charge < -0.3 is 0 Å². The van der Waals surface area contributed by atoms with Crippen molar-refractivity contribution in [2.75, 3.05) is 5.32 Å². The number of hydrogen-bond acceptors (Lipinski definition) is 5. The number of pyridine rings is 1. The topological polar surface area (TPSA) is 67.8 Å². The van der Waals surface area contributed by atoms with Crippen LogP contribution in [-0.2, 0) is 6.18 Å². The van der Waals surface area contributed by atoms with Crippen molar-refractivity contribution in [2.45, 2.75) is 6.18 Å². The molecule has 5 nitrogen and oxygen atoms in total. The van der Waals surface area contributed by atoms with Gasteiger partial charge in [-0.25, -0.2) is 0 Å². The standard InChI is InChI=1S/C15H9F3N4OS/c16-15(17,18)11-3-1-9(2-4-11)12(23)20-14-22-21-13(24-14)10-5-7-19-8-6-10/h1-8H,(H,20,22,23). The van der Waals surface area contributed by atoms with Crippen LogP contribution in [0.15, 0.2) is 48.8 Å². The SMILES string of the molecule is O=C(Nc1nnc(-c2ccncc2)s1)c1ccc(C(F)(F)F)cc1. The van der Waals surface area contributed by atoms with Crippen molar-refractivity contribution in [3.63, 3.8) is 0 Å². The van der Waals surface area contributed by atoms with E-state index in [4.69, 9.17) is 0 Å². The molecule has 0 fully saturated rings. The van der Waals surface area contributed by atoms with Crippen LogP contribution >= 0.6 is 11.3 Å². The second kappa shape index (κ2) is 6.36. The summed E-state index contributed by atoms with van der Waals surface area (Å²) in [6.45, 7) is 0. The number of aromatic nitrogens is 3. The van der Waals surface area contributed by atoms with Crippen molar-refractivity contribution >= 4 is 22.4 Å². The number of benzene rings is 1. The van der Waals surface area contributed by atoms with Crippen LogP contribution < -0.4 is 5.32 Å². The van der Waals surface area contributed by atoms with Gasteiger partial charge in [0.1, 0.15) is 5.01 Å². The average molecular weight is 350 g/mol. The molecule has 122 valence electrons. The van der Waals surface area contributed by atoms with Gasteiger partial charge in [0.2, 0.25) is 5.13 Å². The summed E-state index contributed by atoms with van der Waals surface area (Å²) in [5.74, 6) is -0.554. The molecule has 0 spiro atoms.